The molecule has 1 aliphatic rings. The van der Waals surface area contributed by atoms with Crippen molar-refractivity contribution in [1.29, 1.82) is 0 Å². The van der Waals surface area contributed by atoms with Crippen molar-refractivity contribution in [3.05, 3.63) is 0 Å². The third-order valence-corrected chi connectivity index (χ3v) is 3.25. The van der Waals surface area contributed by atoms with Crippen LogP contribution in [0, 0.1) is 5.92 Å². The van der Waals surface area contributed by atoms with Crippen LogP contribution in [0.15, 0.2) is 0 Å². The fourth-order valence-corrected chi connectivity index (χ4v) is 2.60. The molecule has 0 bridgehead atoms. The number of hydrogen-bond donors (Lipinski definition) is 1. The Kier molecular flexibility index (Phi) is 4.15. The van der Waals surface area contributed by atoms with Gasteiger partial charge in [0.15, 0.2) is 0 Å². The van der Waals surface area contributed by atoms with E-state index in [9.17, 15) is 8.42 Å². The Hall–Kier alpha value is 0.0400. The molecule has 12 heavy (non-hydrogen) atoms. The van der Waals surface area contributed by atoms with Gasteiger partial charge in [-0.2, -0.15) is 21.0 Å². The fourth-order valence-electron chi connectivity index (χ4n) is 1.69. The van der Waals surface area contributed by atoms with E-state index in [-0.39, 0.29) is 0 Å². The van der Waals surface area contributed by atoms with E-state index in [0.29, 0.717) is 17.6 Å². The Morgan fingerprint density at radius 3 is 2.75 bits per heavy atom. The molecule has 2 atom stereocenters. The van der Waals surface area contributed by atoms with Gasteiger partial charge in [0, 0.05) is 10.6 Å². The maximum Gasteiger partial charge on any atom is 0.209 e. The van der Waals surface area contributed by atoms with Crippen molar-refractivity contribution in [3.63, 3.8) is 0 Å². The van der Waals surface area contributed by atoms with E-state index in [0.717, 1.165) is 12.8 Å². The van der Waals surface area contributed by atoms with Gasteiger partial charge in [-0.1, -0.05) is 12.8 Å². The quantitative estimate of drug-likeness (QED) is 0.549. The topological polar surface area (TPSA) is 34.1 Å². The minimum atomic E-state index is -1.98. The molecule has 0 aromatic carbocycles. The van der Waals surface area contributed by atoms with E-state index in [1.807, 2.05) is 0 Å². The Labute approximate surface area is 80.3 Å². The molecule has 0 aliphatic heterocycles. The standard InChI is InChI=1S/C8H14O2S2/c9-12(10)5-4-7-2-1-3-8(11)6-7/h5,7-8,11H,1-4,6H2. The summed E-state index contributed by atoms with van der Waals surface area (Å²) in [5.41, 5.74) is 0. The first-order chi connectivity index (χ1) is 5.68. The van der Waals surface area contributed by atoms with Crippen molar-refractivity contribution in [2.45, 2.75) is 37.4 Å². The van der Waals surface area contributed by atoms with Crippen molar-refractivity contribution < 1.29 is 8.42 Å². The average molecular weight is 206 g/mol. The molecule has 0 N–H and O–H groups in total. The minimum absolute atomic E-state index is 0.484. The van der Waals surface area contributed by atoms with Crippen LogP contribution in [0.5, 0.6) is 0 Å². The molecule has 2 nitrogen and oxygen atoms in total. The van der Waals surface area contributed by atoms with Crippen molar-refractivity contribution in [1.82, 2.24) is 0 Å². The molecule has 0 aromatic heterocycles. The third-order valence-electron chi connectivity index (χ3n) is 2.32. The summed E-state index contributed by atoms with van der Waals surface area (Å²) in [5, 5.41) is 1.86. The first-order valence-corrected chi connectivity index (χ1v) is 5.93. The lowest BCUT2D eigenvalue weighted by Gasteiger charge is -2.24. The van der Waals surface area contributed by atoms with E-state index in [1.54, 1.807) is 0 Å². The van der Waals surface area contributed by atoms with Crippen molar-refractivity contribution in [2.75, 3.05) is 0 Å². The van der Waals surface area contributed by atoms with E-state index >= 15 is 0 Å². The maximum absolute atomic E-state index is 10.2. The largest absolute Gasteiger partial charge is 0.209 e. The highest BCUT2D eigenvalue weighted by atomic mass is 32.2. The second kappa shape index (κ2) is 4.92. The van der Waals surface area contributed by atoms with Gasteiger partial charge in [0.05, 0.1) is 0 Å². The van der Waals surface area contributed by atoms with Gasteiger partial charge in [0.1, 0.15) is 0 Å². The number of rotatable bonds is 2. The Balaban J connectivity index is 2.37. The molecule has 0 heterocycles. The highest BCUT2D eigenvalue weighted by molar-refractivity contribution is 7.80. The lowest BCUT2D eigenvalue weighted by molar-refractivity contribution is 0.380. The van der Waals surface area contributed by atoms with E-state index in [2.05, 4.69) is 12.6 Å². The molecule has 1 aliphatic carbocycles. The molecule has 1 rings (SSSR count). The molecule has 70 valence electrons. The van der Waals surface area contributed by atoms with Gasteiger partial charge in [0.2, 0.25) is 10.3 Å². The Bertz CT molecular complexity index is 248. The highest BCUT2D eigenvalue weighted by Gasteiger charge is 2.18. The zero-order valence-electron chi connectivity index (χ0n) is 6.94. The lowest BCUT2D eigenvalue weighted by atomic mass is 9.87. The van der Waals surface area contributed by atoms with Crippen LogP contribution in [0.3, 0.4) is 0 Å². The van der Waals surface area contributed by atoms with Crippen LogP contribution in [-0.2, 0) is 10.3 Å². The molecular formula is C8H14O2S2. The molecule has 2 unspecified atom stereocenters. The highest BCUT2D eigenvalue weighted by Crippen LogP contribution is 2.28. The van der Waals surface area contributed by atoms with E-state index in [4.69, 9.17) is 0 Å². The molecule has 1 fully saturated rings. The summed E-state index contributed by atoms with van der Waals surface area (Å²) < 4.78 is 20.5. The van der Waals surface area contributed by atoms with Crippen molar-refractivity contribution in [3.8, 4) is 0 Å². The zero-order valence-corrected chi connectivity index (χ0v) is 8.65. The summed E-state index contributed by atoms with van der Waals surface area (Å²) >= 11 is 4.40. The number of thiol groups is 1. The molecule has 4 heteroatoms. The normalized spacial score (nSPS) is 29.8. The smallest absolute Gasteiger partial charge is 0.185 e. The SMILES string of the molecule is O=S(=O)=CCC1CCCC(S)C1. The summed E-state index contributed by atoms with van der Waals surface area (Å²) in [5.74, 6) is 0.541. The van der Waals surface area contributed by atoms with Crippen LogP contribution >= 0.6 is 12.6 Å². The Morgan fingerprint density at radius 1 is 1.42 bits per heavy atom. The van der Waals surface area contributed by atoms with Crippen LogP contribution in [0.1, 0.15) is 32.1 Å². The van der Waals surface area contributed by atoms with Crippen LogP contribution in [0.4, 0.5) is 0 Å². The molecule has 0 amide bonds. The van der Waals surface area contributed by atoms with Crippen LogP contribution in [-0.4, -0.2) is 19.0 Å². The zero-order chi connectivity index (χ0) is 8.97. The lowest BCUT2D eigenvalue weighted by Crippen LogP contribution is -2.15. The first kappa shape index (κ1) is 10.1. The summed E-state index contributed by atoms with van der Waals surface area (Å²) in [4.78, 5) is 0. The van der Waals surface area contributed by atoms with Crippen LogP contribution < -0.4 is 0 Å². The fraction of sp³-hybridized carbons (Fsp3) is 0.875. The number of hydrogen-bond acceptors (Lipinski definition) is 3. The van der Waals surface area contributed by atoms with E-state index < -0.39 is 10.3 Å². The second-order valence-corrected chi connectivity index (χ2v) is 4.93. The molecule has 0 radical (unpaired) electrons. The van der Waals surface area contributed by atoms with Crippen LogP contribution in [0.25, 0.3) is 0 Å². The first-order valence-electron chi connectivity index (χ1n) is 4.28. The van der Waals surface area contributed by atoms with Gasteiger partial charge in [-0.3, -0.25) is 0 Å². The van der Waals surface area contributed by atoms with Gasteiger partial charge in [-0.05, 0) is 25.2 Å². The molecule has 0 spiro atoms. The van der Waals surface area contributed by atoms with E-state index in [1.165, 1.54) is 18.2 Å². The molecule has 1 saturated carbocycles. The van der Waals surface area contributed by atoms with Gasteiger partial charge >= 0.3 is 0 Å². The van der Waals surface area contributed by atoms with Gasteiger partial charge < -0.3 is 0 Å². The predicted octanol–water partition coefficient (Wildman–Crippen LogP) is 1.55. The van der Waals surface area contributed by atoms with Crippen molar-refractivity contribution >= 4 is 28.3 Å². The van der Waals surface area contributed by atoms with Crippen LogP contribution in [0.2, 0.25) is 0 Å². The monoisotopic (exact) mass is 206 g/mol. The second-order valence-electron chi connectivity index (χ2n) is 3.35. The Morgan fingerprint density at radius 2 is 2.17 bits per heavy atom. The molecule has 0 saturated heterocycles. The minimum Gasteiger partial charge on any atom is -0.185 e. The van der Waals surface area contributed by atoms with Gasteiger partial charge in [-0.15, -0.1) is 0 Å². The summed E-state index contributed by atoms with van der Waals surface area (Å²) in [6, 6.07) is 0. The average Bonchev–Trinajstić information content (AvgIpc) is 2.01. The van der Waals surface area contributed by atoms with Gasteiger partial charge in [0.25, 0.3) is 0 Å². The molecule has 0 aromatic rings. The van der Waals surface area contributed by atoms with Gasteiger partial charge in [-0.25, -0.2) is 0 Å². The van der Waals surface area contributed by atoms with Crippen molar-refractivity contribution in [2.24, 2.45) is 5.92 Å². The maximum atomic E-state index is 10.2. The third kappa shape index (κ3) is 3.63. The summed E-state index contributed by atoms with van der Waals surface area (Å²) in [6.45, 7) is 0. The molecular weight excluding hydrogens is 192 g/mol. The summed E-state index contributed by atoms with van der Waals surface area (Å²) in [6.07, 6.45) is 5.30. The predicted molar refractivity (Wildman–Crippen MR) is 54.3 cm³/mol. The summed E-state index contributed by atoms with van der Waals surface area (Å²) in [7, 11) is -1.98.